The molecular formula is C11H11N5O2S. The van der Waals surface area contributed by atoms with Crippen molar-refractivity contribution in [3.8, 4) is 11.8 Å². The number of rotatable bonds is 3. The Hall–Kier alpha value is -2.37. The van der Waals surface area contributed by atoms with E-state index in [2.05, 4.69) is 9.71 Å². The molecule has 1 aromatic heterocycles. The molecular weight excluding hydrogens is 266 g/mol. The highest BCUT2D eigenvalue weighted by Gasteiger charge is 2.16. The third-order valence-corrected chi connectivity index (χ3v) is 4.06. The number of nitrogens with one attached hydrogen (secondary N) is 1. The minimum atomic E-state index is -3.60. The molecule has 0 aliphatic carbocycles. The molecule has 3 N–H and O–H groups in total. The van der Waals surface area contributed by atoms with Crippen LogP contribution in [0, 0.1) is 11.3 Å². The molecule has 0 bridgehead atoms. The summed E-state index contributed by atoms with van der Waals surface area (Å²) in [5.41, 5.74) is 6.42. The third-order valence-electron chi connectivity index (χ3n) is 2.57. The first kappa shape index (κ1) is 13.1. The zero-order valence-corrected chi connectivity index (χ0v) is 10.8. The molecule has 0 aliphatic heterocycles. The summed E-state index contributed by atoms with van der Waals surface area (Å²) >= 11 is 0. The van der Waals surface area contributed by atoms with Crippen molar-refractivity contribution in [2.75, 3.05) is 12.8 Å². The first-order valence-corrected chi connectivity index (χ1v) is 6.75. The van der Waals surface area contributed by atoms with Gasteiger partial charge in [0.1, 0.15) is 11.0 Å². The van der Waals surface area contributed by atoms with Gasteiger partial charge in [-0.15, -0.1) is 0 Å². The summed E-state index contributed by atoms with van der Waals surface area (Å²) in [4.78, 5) is 3.86. The summed E-state index contributed by atoms with van der Waals surface area (Å²) in [6.07, 6.45) is 3.08. The van der Waals surface area contributed by atoms with E-state index in [-0.39, 0.29) is 16.4 Å². The maximum absolute atomic E-state index is 11.7. The topological polar surface area (TPSA) is 114 Å². The molecule has 0 aliphatic rings. The van der Waals surface area contributed by atoms with Gasteiger partial charge in [0.05, 0.1) is 5.69 Å². The predicted molar refractivity (Wildman–Crippen MR) is 68.9 cm³/mol. The maximum Gasteiger partial charge on any atom is 0.242 e. The van der Waals surface area contributed by atoms with Crippen molar-refractivity contribution in [3.05, 3.63) is 36.4 Å². The molecule has 98 valence electrons. The number of hydrogen-bond acceptors (Lipinski definition) is 5. The third kappa shape index (κ3) is 2.29. The van der Waals surface area contributed by atoms with E-state index in [0.717, 1.165) is 0 Å². The zero-order valence-electron chi connectivity index (χ0n) is 10.0. The van der Waals surface area contributed by atoms with E-state index < -0.39 is 10.0 Å². The highest BCUT2D eigenvalue weighted by molar-refractivity contribution is 7.89. The highest BCUT2D eigenvalue weighted by atomic mass is 32.2. The number of imidazole rings is 1. The second-order valence-electron chi connectivity index (χ2n) is 3.66. The van der Waals surface area contributed by atoms with Gasteiger partial charge in [-0.25, -0.2) is 18.1 Å². The van der Waals surface area contributed by atoms with Gasteiger partial charge in [0.25, 0.3) is 0 Å². The predicted octanol–water partition coefficient (Wildman–Crippen LogP) is 0.234. The summed E-state index contributed by atoms with van der Waals surface area (Å²) in [5.74, 6) is 0.198. The normalized spacial score (nSPS) is 11.2. The summed E-state index contributed by atoms with van der Waals surface area (Å²) in [6, 6.07) is 6.35. The molecule has 2 aromatic rings. The van der Waals surface area contributed by atoms with Crippen LogP contribution in [0.1, 0.15) is 5.82 Å². The Bertz CT molecular complexity index is 758. The van der Waals surface area contributed by atoms with Crippen LogP contribution in [0.4, 0.5) is 5.69 Å². The first-order valence-electron chi connectivity index (χ1n) is 5.26. The Labute approximate surface area is 110 Å². The highest BCUT2D eigenvalue weighted by Crippen LogP contribution is 2.22. The number of anilines is 1. The number of aromatic nitrogens is 2. The van der Waals surface area contributed by atoms with Gasteiger partial charge in [-0.3, -0.25) is 4.57 Å². The molecule has 7 nitrogen and oxygen atoms in total. The Balaban J connectivity index is 2.55. The van der Waals surface area contributed by atoms with Crippen molar-refractivity contribution < 1.29 is 8.42 Å². The fraction of sp³-hybridized carbons (Fsp3) is 0.0909. The fourth-order valence-electron chi connectivity index (χ4n) is 1.63. The molecule has 0 spiro atoms. The average Bonchev–Trinajstić information content (AvgIpc) is 2.86. The molecule has 0 saturated heterocycles. The Morgan fingerprint density at radius 3 is 2.79 bits per heavy atom. The van der Waals surface area contributed by atoms with Crippen LogP contribution in [-0.4, -0.2) is 25.0 Å². The van der Waals surface area contributed by atoms with Crippen molar-refractivity contribution in [2.45, 2.75) is 4.90 Å². The van der Waals surface area contributed by atoms with Gasteiger partial charge in [0, 0.05) is 18.1 Å². The number of sulfonamides is 1. The second-order valence-corrected chi connectivity index (χ2v) is 5.52. The quantitative estimate of drug-likeness (QED) is 0.780. The van der Waals surface area contributed by atoms with Gasteiger partial charge < -0.3 is 5.73 Å². The molecule has 1 heterocycles. The van der Waals surface area contributed by atoms with Gasteiger partial charge >= 0.3 is 0 Å². The van der Waals surface area contributed by atoms with Gasteiger partial charge in [-0.05, 0) is 25.2 Å². The maximum atomic E-state index is 11.7. The first-order chi connectivity index (χ1) is 8.99. The van der Waals surface area contributed by atoms with Crippen LogP contribution in [0.25, 0.3) is 5.69 Å². The minimum absolute atomic E-state index is 0.00243. The molecule has 8 heteroatoms. The van der Waals surface area contributed by atoms with Crippen molar-refractivity contribution in [1.29, 1.82) is 5.26 Å². The van der Waals surface area contributed by atoms with Gasteiger partial charge in [-0.1, -0.05) is 0 Å². The fourth-order valence-corrected chi connectivity index (χ4v) is 2.47. The molecule has 0 fully saturated rings. The summed E-state index contributed by atoms with van der Waals surface area (Å²) in [6.45, 7) is 0. The van der Waals surface area contributed by atoms with Gasteiger partial charge in [0.15, 0.2) is 0 Å². The van der Waals surface area contributed by atoms with E-state index in [9.17, 15) is 8.42 Å². The molecule has 1 aromatic carbocycles. The van der Waals surface area contributed by atoms with Crippen molar-refractivity contribution >= 4 is 15.7 Å². The SMILES string of the molecule is CNS(=O)(=O)c1ccc(-n2ccnc2C#N)cc1N. The number of nitrogen functional groups attached to an aromatic ring is 1. The lowest BCUT2D eigenvalue weighted by Gasteiger charge is -2.09. The van der Waals surface area contributed by atoms with E-state index >= 15 is 0 Å². The van der Waals surface area contributed by atoms with Crippen molar-refractivity contribution in [3.63, 3.8) is 0 Å². The van der Waals surface area contributed by atoms with Gasteiger partial charge in [0.2, 0.25) is 15.8 Å². The standard InChI is InChI=1S/C11H11N5O2S/c1-14-19(17,18)10-3-2-8(6-9(10)13)16-5-4-15-11(16)7-12/h2-6,14H,13H2,1H3. The zero-order chi connectivity index (χ0) is 14.0. The largest absolute Gasteiger partial charge is 0.398 e. The van der Waals surface area contributed by atoms with Crippen molar-refractivity contribution in [1.82, 2.24) is 14.3 Å². The summed E-state index contributed by atoms with van der Waals surface area (Å²) in [5, 5.41) is 8.89. The summed E-state index contributed by atoms with van der Waals surface area (Å²) in [7, 11) is -2.28. The number of nitrogens with zero attached hydrogens (tertiary/aromatic N) is 3. The molecule has 19 heavy (non-hydrogen) atoms. The Morgan fingerprint density at radius 1 is 1.47 bits per heavy atom. The van der Waals surface area contributed by atoms with Gasteiger partial charge in [-0.2, -0.15) is 5.26 Å². The smallest absolute Gasteiger partial charge is 0.242 e. The monoisotopic (exact) mass is 277 g/mol. The van der Waals surface area contributed by atoms with Crippen LogP contribution in [-0.2, 0) is 10.0 Å². The molecule has 0 atom stereocenters. The Morgan fingerprint density at radius 2 is 2.21 bits per heavy atom. The van der Waals surface area contributed by atoms with E-state index in [4.69, 9.17) is 11.0 Å². The lowest BCUT2D eigenvalue weighted by atomic mass is 10.3. The van der Waals surface area contributed by atoms with E-state index in [1.807, 2.05) is 6.07 Å². The van der Waals surface area contributed by atoms with Crippen LogP contribution >= 0.6 is 0 Å². The van der Waals surface area contributed by atoms with Crippen LogP contribution in [0.5, 0.6) is 0 Å². The molecule has 2 rings (SSSR count). The number of benzene rings is 1. The second kappa shape index (κ2) is 4.72. The lowest BCUT2D eigenvalue weighted by Crippen LogP contribution is -2.20. The molecule has 0 amide bonds. The van der Waals surface area contributed by atoms with Crippen LogP contribution in [0.15, 0.2) is 35.5 Å². The van der Waals surface area contributed by atoms with Crippen molar-refractivity contribution in [2.24, 2.45) is 0 Å². The van der Waals surface area contributed by atoms with E-state index in [1.54, 1.807) is 12.3 Å². The lowest BCUT2D eigenvalue weighted by molar-refractivity contribution is 0.588. The van der Waals surface area contributed by atoms with E-state index in [0.29, 0.717) is 5.69 Å². The molecule has 0 radical (unpaired) electrons. The molecule has 0 saturated carbocycles. The van der Waals surface area contributed by atoms with E-state index in [1.165, 1.54) is 29.9 Å². The Kier molecular flexibility index (Phi) is 3.25. The minimum Gasteiger partial charge on any atom is -0.398 e. The number of nitrogens with two attached hydrogens (primary N) is 1. The number of nitriles is 1. The number of hydrogen-bond donors (Lipinski definition) is 2. The van der Waals surface area contributed by atoms with Crippen LogP contribution in [0.2, 0.25) is 0 Å². The molecule has 0 unspecified atom stereocenters. The average molecular weight is 277 g/mol. The van der Waals surface area contributed by atoms with Crippen LogP contribution < -0.4 is 10.5 Å². The van der Waals surface area contributed by atoms with Crippen LogP contribution in [0.3, 0.4) is 0 Å². The summed E-state index contributed by atoms with van der Waals surface area (Å²) < 4.78 is 27.1.